The van der Waals surface area contributed by atoms with E-state index in [0.717, 1.165) is 11.3 Å². The molecule has 0 fully saturated rings. The molecule has 0 aliphatic heterocycles. The second kappa shape index (κ2) is 5.61. The van der Waals surface area contributed by atoms with Gasteiger partial charge in [0, 0.05) is 0 Å². The molecule has 9 heteroatoms. The van der Waals surface area contributed by atoms with Crippen LogP contribution in [-0.4, -0.2) is 13.5 Å². The van der Waals surface area contributed by atoms with E-state index in [9.17, 15) is 13.5 Å². The Morgan fingerprint density at radius 1 is 1.15 bits per heavy atom. The topological polar surface area (TPSA) is 66.4 Å². The quantitative estimate of drug-likeness (QED) is 0.778. The van der Waals surface area contributed by atoms with Crippen molar-refractivity contribution in [3.05, 3.63) is 38.1 Å². The van der Waals surface area contributed by atoms with Gasteiger partial charge in [-0.2, -0.15) is 0 Å². The van der Waals surface area contributed by atoms with Crippen molar-refractivity contribution in [3.63, 3.8) is 0 Å². The maximum Gasteiger partial charge on any atom is 0.271 e. The highest BCUT2D eigenvalue weighted by Crippen LogP contribution is 2.36. The van der Waals surface area contributed by atoms with Crippen LogP contribution in [0.5, 0.6) is 5.75 Å². The maximum atomic E-state index is 12.2. The number of phenolic OH excluding ortho intramolecular Hbond substituents is 1. The van der Waals surface area contributed by atoms with Crippen LogP contribution in [-0.2, 0) is 10.0 Å². The lowest BCUT2D eigenvalue weighted by Gasteiger charge is -2.08. The SMILES string of the molecule is Cc1cc(S(=O)(=O)Nc2cc(Cl)c(O)c(Cl)c2)sc1Cl. The summed E-state index contributed by atoms with van der Waals surface area (Å²) in [5, 5.41) is 9.34. The Kier molecular flexibility index (Phi) is 4.41. The molecule has 108 valence electrons. The maximum absolute atomic E-state index is 12.2. The van der Waals surface area contributed by atoms with Crippen molar-refractivity contribution in [2.75, 3.05) is 4.72 Å². The number of thiophene rings is 1. The van der Waals surface area contributed by atoms with Crippen LogP contribution in [0.3, 0.4) is 0 Å². The van der Waals surface area contributed by atoms with E-state index in [-0.39, 0.29) is 25.7 Å². The summed E-state index contributed by atoms with van der Waals surface area (Å²) in [6.45, 7) is 1.71. The van der Waals surface area contributed by atoms with E-state index < -0.39 is 10.0 Å². The van der Waals surface area contributed by atoms with Crippen molar-refractivity contribution >= 4 is 61.9 Å². The summed E-state index contributed by atoms with van der Waals surface area (Å²) in [4.78, 5) is 0. The van der Waals surface area contributed by atoms with Crippen LogP contribution in [0.25, 0.3) is 0 Å². The first kappa shape index (κ1) is 15.7. The number of halogens is 3. The smallest absolute Gasteiger partial charge is 0.271 e. The van der Waals surface area contributed by atoms with Crippen molar-refractivity contribution in [3.8, 4) is 5.75 Å². The third-order valence-corrected chi connectivity index (χ3v) is 6.35. The largest absolute Gasteiger partial charge is 0.505 e. The van der Waals surface area contributed by atoms with Crippen molar-refractivity contribution in [2.24, 2.45) is 0 Å². The summed E-state index contributed by atoms with van der Waals surface area (Å²) in [6, 6.07) is 4.00. The zero-order valence-electron chi connectivity index (χ0n) is 9.95. The second-order valence-corrected chi connectivity index (χ2v) is 8.29. The molecular weight excluding hydrogens is 365 g/mol. The third kappa shape index (κ3) is 3.15. The molecule has 1 aromatic carbocycles. The molecule has 2 N–H and O–H groups in total. The van der Waals surface area contributed by atoms with Crippen molar-refractivity contribution in [1.29, 1.82) is 0 Å². The molecule has 0 spiro atoms. The standard InChI is InChI=1S/C11H8Cl3NO3S2/c1-5-2-9(19-11(5)14)20(17,18)15-6-3-7(12)10(16)8(13)4-6/h2-4,15-16H,1H3. The van der Waals surface area contributed by atoms with Gasteiger partial charge in [-0.25, -0.2) is 8.42 Å². The van der Waals surface area contributed by atoms with Crippen LogP contribution < -0.4 is 4.72 Å². The normalized spacial score (nSPS) is 11.6. The lowest BCUT2D eigenvalue weighted by molar-refractivity contribution is 0.476. The molecule has 0 atom stereocenters. The fourth-order valence-corrected chi connectivity index (χ4v) is 4.63. The molecule has 2 rings (SSSR count). The van der Waals surface area contributed by atoms with Crippen LogP contribution >= 0.6 is 46.1 Å². The zero-order chi connectivity index (χ0) is 15.1. The lowest BCUT2D eigenvalue weighted by Crippen LogP contribution is -2.11. The van der Waals surface area contributed by atoms with Gasteiger partial charge in [0.05, 0.1) is 20.1 Å². The Bertz CT molecular complexity index is 729. The van der Waals surface area contributed by atoms with E-state index in [0.29, 0.717) is 9.90 Å². The number of aromatic hydroxyl groups is 1. The monoisotopic (exact) mass is 371 g/mol. The van der Waals surface area contributed by atoms with Gasteiger partial charge in [-0.05, 0) is 30.7 Å². The van der Waals surface area contributed by atoms with Crippen molar-refractivity contribution in [1.82, 2.24) is 0 Å². The molecule has 0 unspecified atom stereocenters. The van der Waals surface area contributed by atoms with Crippen LogP contribution in [0.15, 0.2) is 22.4 Å². The first-order valence-corrected chi connectivity index (χ1v) is 8.61. The summed E-state index contributed by atoms with van der Waals surface area (Å²) in [7, 11) is -3.78. The van der Waals surface area contributed by atoms with E-state index >= 15 is 0 Å². The average Bonchev–Trinajstić information content (AvgIpc) is 2.67. The van der Waals surface area contributed by atoms with Gasteiger partial charge in [0.25, 0.3) is 10.0 Å². The van der Waals surface area contributed by atoms with E-state index in [2.05, 4.69) is 4.72 Å². The molecule has 1 heterocycles. The predicted molar refractivity (Wildman–Crippen MR) is 83.0 cm³/mol. The summed E-state index contributed by atoms with van der Waals surface area (Å²) in [6.07, 6.45) is 0. The van der Waals surface area contributed by atoms with Crippen LogP contribution in [0.4, 0.5) is 5.69 Å². The second-order valence-electron chi connectivity index (χ2n) is 3.92. The Balaban J connectivity index is 2.38. The third-order valence-electron chi connectivity index (χ3n) is 2.37. The lowest BCUT2D eigenvalue weighted by atomic mass is 10.3. The molecule has 0 bridgehead atoms. The number of phenols is 1. The molecule has 0 amide bonds. The first-order chi connectivity index (χ1) is 9.20. The molecule has 4 nitrogen and oxygen atoms in total. The summed E-state index contributed by atoms with van der Waals surface area (Å²) in [5.41, 5.74) is 0.832. The Morgan fingerprint density at radius 3 is 2.15 bits per heavy atom. The summed E-state index contributed by atoms with van der Waals surface area (Å²) >= 11 is 18.3. The predicted octanol–water partition coefficient (Wildman–Crippen LogP) is 4.52. The van der Waals surface area contributed by atoms with E-state index in [4.69, 9.17) is 34.8 Å². The molecule has 0 saturated carbocycles. The fourth-order valence-electron chi connectivity index (χ4n) is 1.39. The van der Waals surface area contributed by atoms with Crippen LogP contribution in [0.1, 0.15) is 5.56 Å². The highest BCUT2D eigenvalue weighted by atomic mass is 35.5. The van der Waals surface area contributed by atoms with Gasteiger partial charge < -0.3 is 5.11 Å². The van der Waals surface area contributed by atoms with E-state index in [1.165, 1.54) is 18.2 Å². The highest BCUT2D eigenvalue weighted by Gasteiger charge is 2.19. The molecule has 1 aromatic heterocycles. The zero-order valence-corrected chi connectivity index (χ0v) is 13.8. The van der Waals surface area contributed by atoms with Gasteiger partial charge in [0.2, 0.25) is 0 Å². The van der Waals surface area contributed by atoms with Gasteiger partial charge in [0.15, 0.2) is 5.75 Å². The number of sulfonamides is 1. The minimum atomic E-state index is -3.78. The minimum Gasteiger partial charge on any atom is -0.505 e. The molecular formula is C11H8Cl3NO3S2. The van der Waals surface area contributed by atoms with Gasteiger partial charge in [-0.15, -0.1) is 11.3 Å². The Labute approximate surface area is 135 Å². The highest BCUT2D eigenvalue weighted by molar-refractivity contribution is 7.94. The van der Waals surface area contributed by atoms with Crippen molar-refractivity contribution in [2.45, 2.75) is 11.1 Å². The van der Waals surface area contributed by atoms with Crippen molar-refractivity contribution < 1.29 is 13.5 Å². The minimum absolute atomic E-state index is 0.0457. The molecule has 0 aliphatic carbocycles. The van der Waals surface area contributed by atoms with Crippen LogP contribution in [0, 0.1) is 6.92 Å². The first-order valence-electron chi connectivity index (χ1n) is 5.17. The van der Waals surface area contributed by atoms with E-state index in [1.807, 2.05) is 0 Å². The number of hydrogen-bond donors (Lipinski definition) is 2. The Morgan fingerprint density at radius 2 is 1.70 bits per heavy atom. The molecule has 0 aliphatic rings. The van der Waals surface area contributed by atoms with Gasteiger partial charge in [-0.1, -0.05) is 34.8 Å². The number of nitrogens with one attached hydrogen (secondary N) is 1. The summed E-state index contributed by atoms with van der Waals surface area (Å²) < 4.78 is 27.2. The number of aryl methyl sites for hydroxylation is 1. The van der Waals surface area contributed by atoms with E-state index in [1.54, 1.807) is 6.92 Å². The molecule has 0 saturated heterocycles. The number of benzene rings is 1. The molecule has 2 aromatic rings. The number of rotatable bonds is 3. The van der Waals surface area contributed by atoms with Gasteiger partial charge in [0.1, 0.15) is 4.21 Å². The Hall–Kier alpha value is -0.660. The fraction of sp³-hybridized carbons (Fsp3) is 0.0909. The average molecular weight is 373 g/mol. The van der Waals surface area contributed by atoms with Gasteiger partial charge >= 0.3 is 0 Å². The number of hydrogen-bond acceptors (Lipinski definition) is 4. The number of anilines is 1. The van der Waals surface area contributed by atoms with Gasteiger partial charge in [-0.3, -0.25) is 4.72 Å². The molecule has 20 heavy (non-hydrogen) atoms. The summed E-state index contributed by atoms with van der Waals surface area (Å²) in [5.74, 6) is -0.300. The van der Waals surface area contributed by atoms with Crippen LogP contribution in [0.2, 0.25) is 14.4 Å². The molecule has 0 radical (unpaired) electrons.